The molecule has 0 saturated carbocycles. The van der Waals surface area contributed by atoms with Crippen LogP contribution in [0.4, 0.5) is 4.39 Å². The van der Waals surface area contributed by atoms with Gasteiger partial charge in [-0.05, 0) is 48.6 Å². The number of hydrogen-bond acceptors (Lipinski definition) is 2. The molecule has 130 valence electrons. The van der Waals surface area contributed by atoms with Crippen molar-refractivity contribution >= 4 is 35.1 Å². The summed E-state index contributed by atoms with van der Waals surface area (Å²) in [7, 11) is 0. The first-order chi connectivity index (χ1) is 12.1. The number of hydrogen-bond donors (Lipinski definition) is 3. The number of halogens is 2. The zero-order valence-corrected chi connectivity index (χ0v) is 15.0. The monoisotopic (exact) mass is 378 g/mol. The number of hydrazone groups is 1. The van der Waals surface area contributed by atoms with E-state index in [-0.39, 0.29) is 12.4 Å². The van der Waals surface area contributed by atoms with Crippen molar-refractivity contribution in [1.29, 1.82) is 0 Å². The van der Waals surface area contributed by atoms with Crippen molar-refractivity contribution in [2.75, 3.05) is 6.54 Å². The SMILES string of the molecule is C=CCNC(=S)N[NH+]=Cc1ccc(OCc2c(F)cccc2Cl)cc1. The molecule has 0 unspecified atom stereocenters. The lowest BCUT2D eigenvalue weighted by Gasteiger charge is -2.08. The minimum Gasteiger partial charge on any atom is -0.489 e. The first-order valence-corrected chi connectivity index (χ1v) is 8.28. The molecule has 0 aliphatic rings. The van der Waals surface area contributed by atoms with Crippen LogP contribution < -0.4 is 20.6 Å². The normalized spacial score (nSPS) is 10.5. The largest absolute Gasteiger partial charge is 0.489 e. The first kappa shape index (κ1) is 18.9. The highest BCUT2D eigenvalue weighted by Gasteiger charge is 2.07. The van der Waals surface area contributed by atoms with Gasteiger partial charge < -0.3 is 10.1 Å². The lowest BCUT2D eigenvalue weighted by atomic mass is 10.2. The molecule has 2 aromatic rings. The molecule has 0 aliphatic carbocycles. The minimum absolute atomic E-state index is 0.0671. The molecule has 0 atom stereocenters. The van der Waals surface area contributed by atoms with Crippen LogP contribution in [0.2, 0.25) is 5.02 Å². The fraction of sp³-hybridized carbons (Fsp3) is 0.111. The summed E-state index contributed by atoms with van der Waals surface area (Å²) in [5.41, 5.74) is 4.07. The molecule has 0 amide bonds. The van der Waals surface area contributed by atoms with E-state index >= 15 is 0 Å². The molecular weight excluding hydrogens is 361 g/mol. The summed E-state index contributed by atoms with van der Waals surface area (Å²) >= 11 is 11.0. The van der Waals surface area contributed by atoms with Crippen molar-refractivity contribution in [2.45, 2.75) is 6.61 Å². The van der Waals surface area contributed by atoms with Crippen molar-refractivity contribution in [3.8, 4) is 5.75 Å². The lowest BCUT2D eigenvalue weighted by Crippen LogP contribution is -2.82. The van der Waals surface area contributed by atoms with Crippen LogP contribution in [-0.4, -0.2) is 17.9 Å². The summed E-state index contributed by atoms with van der Waals surface area (Å²) in [5, 5.41) is 6.63. The van der Waals surface area contributed by atoms with Gasteiger partial charge in [-0.2, -0.15) is 0 Å². The molecule has 0 saturated heterocycles. The second kappa shape index (κ2) is 9.76. The van der Waals surface area contributed by atoms with E-state index < -0.39 is 0 Å². The van der Waals surface area contributed by atoms with Gasteiger partial charge in [0.25, 0.3) is 0 Å². The highest BCUT2D eigenvalue weighted by atomic mass is 35.5. The Morgan fingerprint density at radius 2 is 2.04 bits per heavy atom. The lowest BCUT2D eigenvalue weighted by molar-refractivity contribution is -0.500. The Labute approximate surface area is 156 Å². The topological polar surface area (TPSA) is 47.3 Å². The van der Waals surface area contributed by atoms with E-state index in [0.29, 0.717) is 28.0 Å². The summed E-state index contributed by atoms with van der Waals surface area (Å²) in [6.45, 7) is 4.25. The predicted molar refractivity (Wildman–Crippen MR) is 102 cm³/mol. The zero-order valence-electron chi connectivity index (χ0n) is 13.4. The van der Waals surface area contributed by atoms with E-state index in [1.807, 2.05) is 12.1 Å². The molecule has 0 fully saturated rings. The minimum atomic E-state index is -0.381. The van der Waals surface area contributed by atoms with Crippen LogP contribution in [-0.2, 0) is 6.61 Å². The molecule has 0 aromatic heterocycles. The first-order valence-electron chi connectivity index (χ1n) is 7.49. The van der Waals surface area contributed by atoms with Crippen molar-refractivity contribution in [2.24, 2.45) is 0 Å². The summed E-state index contributed by atoms with van der Waals surface area (Å²) in [4.78, 5) is 0. The van der Waals surface area contributed by atoms with Gasteiger partial charge in [0.2, 0.25) is 5.11 Å². The molecule has 2 aromatic carbocycles. The van der Waals surface area contributed by atoms with Crippen LogP contribution in [0.1, 0.15) is 11.1 Å². The number of benzene rings is 2. The molecular formula is C18H18ClFN3OS+. The number of rotatable bonds is 7. The van der Waals surface area contributed by atoms with Gasteiger partial charge in [0.15, 0.2) is 6.21 Å². The zero-order chi connectivity index (χ0) is 18.1. The molecule has 0 spiro atoms. The van der Waals surface area contributed by atoms with Crippen LogP contribution in [0.3, 0.4) is 0 Å². The Hall–Kier alpha value is -2.44. The van der Waals surface area contributed by atoms with E-state index in [1.54, 1.807) is 36.6 Å². The van der Waals surface area contributed by atoms with Crippen molar-refractivity contribution in [3.05, 3.63) is 77.1 Å². The Balaban J connectivity index is 1.87. The van der Waals surface area contributed by atoms with Crippen LogP contribution in [0.5, 0.6) is 5.75 Å². The Bertz CT molecular complexity index is 745. The summed E-state index contributed by atoms with van der Waals surface area (Å²) < 4.78 is 19.3. The summed E-state index contributed by atoms with van der Waals surface area (Å²) in [6, 6.07) is 11.8. The average Bonchev–Trinajstić information content (AvgIpc) is 2.61. The van der Waals surface area contributed by atoms with Gasteiger partial charge in [0, 0.05) is 17.7 Å². The number of hydrazine groups is 1. The fourth-order valence-corrected chi connectivity index (χ4v) is 2.24. The van der Waals surface area contributed by atoms with E-state index in [1.165, 1.54) is 6.07 Å². The number of ether oxygens (including phenoxy) is 1. The van der Waals surface area contributed by atoms with Crippen molar-refractivity contribution < 1.29 is 14.2 Å². The molecule has 7 heteroatoms. The van der Waals surface area contributed by atoms with Gasteiger partial charge in [-0.3, -0.25) is 0 Å². The van der Waals surface area contributed by atoms with E-state index in [2.05, 4.69) is 22.4 Å². The maximum Gasteiger partial charge on any atom is 0.224 e. The van der Waals surface area contributed by atoms with E-state index in [9.17, 15) is 4.39 Å². The van der Waals surface area contributed by atoms with Gasteiger partial charge in [-0.25, -0.2) is 4.39 Å². The highest BCUT2D eigenvalue weighted by Crippen LogP contribution is 2.21. The highest BCUT2D eigenvalue weighted by molar-refractivity contribution is 7.80. The Morgan fingerprint density at radius 3 is 2.72 bits per heavy atom. The summed E-state index contributed by atoms with van der Waals surface area (Å²) in [6.07, 6.45) is 3.46. The van der Waals surface area contributed by atoms with Crippen LogP contribution in [0, 0.1) is 5.82 Å². The third-order valence-electron chi connectivity index (χ3n) is 3.16. The van der Waals surface area contributed by atoms with Crippen LogP contribution in [0.15, 0.2) is 55.1 Å². The number of thiocarbonyl (C=S) groups is 1. The average molecular weight is 379 g/mol. The fourth-order valence-electron chi connectivity index (χ4n) is 1.88. The smallest absolute Gasteiger partial charge is 0.224 e. The quantitative estimate of drug-likeness (QED) is 0.299. The van der Waals surface area contributed by atoms with Gasteiger partial charge >= 0.3 is 0 Å². The van der Waals surface area contributed by atoms with Gasteiger partial charge in [-0.15, -0.1) is 17.1 Å². The van der Waals surface area contributed by atoms with Crippen LogP contribution in [0.25, 0.3) is 0 Å². The molecule has 0 radical (unpaired) electrons. The van der Waals surface area contributed by atoms with Crippen molar-refractivity contribution in [3.63, 3.8) is 0 Å². The van der Waals surface area contributed by atoms with Crippen LogP contribution >= 0.6 is 23.8 Å². The van der Waals surface area contributed by atoms with Crippen molar-refractivity contribution in [1.82, 2.24) is 10.7 Å². The van der Waals surface area contributed by atoms with Gasteiger partial charge in [-0.1, -0.05) is 23.7 Å². The molecule has 0 bridgehead atoms. The van der Waals surface area contributed by atoms with Gasteiger partial charge in [0.05, 0.1) is 5.02 Å². The third-order valence-corrected chi connectivity index (χ3v) is 3.76. The second-order valence-electron chi connectivity index (χ2n) is 4.97. The summed E-state index contributed by atoms with van der Waals surface area (Å²) in [5.74, 6) is 0.237. The molecule has 25 heavy (non-hydrogen) atoms. The second-order valence-corrected chi connectivity index (χ2v) is 5.79. The van der Waals surface area contributed by atoms with E-state index in [4.69, 9.17) is 28.6 Å². The third kappa shape index (κ3) is 6.17. The molecule has 3 N–H and O–H groups in total. The maximum absolute atomic E-state index is 13.7. The molecule has 2 rings (SSSR count). The Kier molecular flexibility index (Phi) is 7.37. The predicted octanol–water partition coefficient (Wildman–Crippen LogP) is 2.12. The maximum atomic E-state index is 13.7. The van der Waals surface area contributed by atoms with E-state index in [0.717, 1.165) is 5.56 Å². The standard InChI is InChI=1S/C18H17ClFN3OS/c1-2-10-21-18(25)23-22-11-13-6-8-14(9-7-13)24-12-15-16(19)4-3-5-17(15)20/h2-9,11H,1,10,12H2,(H2,21,23,25)/p+1. The molecule has 0 aliphatic heterocycles. The molecule has 0 heterocycles. The van der Waals surface area contributed by atoms with Gasteiger partial charge in [0.1, 0.15) is 18.2 Å². The molecule has 4 nitrogen and oxygen atoms in total. The Morgan fingerprint density at radius 1 is 1.28 bits per heavy atom. The number of nitrogens with one attached hydrogen (secondary N) is 3.